The Morgan fingerprint density at radius 2 is 1.44 bits per heavy atom. The predicted octanol–water partition coefficient (Wildman–Crippen LogP) is 7.21. The molecule has 3 rings (SSSR count). The van der Waals surface area contributed by atoms with Crippen LogP contribution in [-0.2, 0) is 17.8 Å². The number of ether oxygens (including phenoxy) is 1. The zero-order valence-corrected chi connectivity index (χ0v) is 16.8. The van der Waals surface area contributed by atoms with Crippen molar-refractivity contribution in [3.63, 3.8) is 0 Å². The highest BCUT2D eigenvalue weighted by atomic mass is 16.5. The SMILES string of the molecule is C=CC1CCC(CCCCc2ccc(-c3ccc(COC)cc3)cc2)CC1. The number of hydrogen-bond donors (Lipinski definition) is 0. The lowest BCUT2D eigenvalue weighted by atomic mass is 9.80. The first-order chi connectivity index (χ1) is 13.3. The first-order valence-electron chi connectivity index (χ1n) is 10.6. The minimum Gasteiger partial charge on any atom is -0.380 e. The molecule has 0 aromatic heterocycles. The van der Waals surface area contributed by atoms with E-state index in [1.54, 1.807) is 7.11 Å². The first kappa shape index (κ1) is 19.9. The Balaban J connectivity index is 1.41. The van der Waals surface area contributed by atoms with E-state index < -0.39 is 0 Å². The molecule has 1 aliphatic rings. The Morgan fingerprint density at radius 3 is 2.00 bits per heavy atom. The van der Waals surface area contributed by atoms with Gasteiger partial charge in [-0.3, -0.25) is 0 Å². The average molecular weight is 363 g/mol. The van der Waals surface area contributed by atoms with E-state index in [2.05, 4.69) is 61.2 Å². The van der Waals surface area contributed by atoms with Gasteiger partial charge in [0, 0.05) is 7.11 Å². The lowest BCUT2D eigenvalue weighted by molar-refractivity contribution is 0.185. The second-order valence-corrected chi connectivity index (χ2v) is 8.09. The standard InChI is InChI=1S/C26H34O/c1-3-21-8-10-22(11-9-21)6-4-5-7-23-12-16-25(17-13-23)26-18-14-24(15-19-26)20-27-2/h3,12-19,21-22H,1,4-11,20H2,2H3. The van der Waals surface area contributed by atoms with Crippen LogP contribution in [0.2, 0.25) is 0 Å². The lowest BCUT2D eigenvalue weighted by Gasteiger charge is -2.26. The molecular formula is C26H34O. The van der Waals surface area contributed by atoms with Crippen LogP contribution in [0.5, 0.6) is 0 Å². The Hall–Kier alpha value is -1.86. The summed E-state index contributed by atoms with van der Waals surface area (Å²) in [6, 6.07) is 17.8. The monoisotopic (exact) mass is 362 g/mol. The second-order valence-electron chi connectivity index (χ2n) is 8.09. The topological polar surface area (TPSA) is 9.23 Å². The Labute approximate surface area is 165 Å². The van der Waals surface area contributed by atoms with Crippen molar-refractivity contribution in [2.75, 3.05) is 7.11 Å². The van der Waals surface area contributed by atoms with E-state index in [9.17, 15) is 0 Å². The maximum Gasteiger partial charge on any atom is 0.0713 e. The van der Waals surface area contributed by atoms with E-state index in [1.807, 2.05) is 0 Å². The highest BCUT2D eigenvalue weighted by Gasteiger charge is 2.18. The fourth-order valence-electron chi connectivity index (χ4n) is 4.30. The Kier molecular flexibility index (Phi) is 7.71. The van der Waals surface area contributed by atoms with E-state index >= 15 is 0 Å². The largest absolute Gasteiger partial charge is 0.380 e. The second kappa shape index (κ2) is 10.5. The zero-order valence-electron chi connectivity index (χ0n) is 16.8. The van der Waals surface area contributed by atoms with Gasteiger partial charge in [0.2, 0.25) is 0 Å². The summed E-state index contributed by atoms with van der Waals surface area (Å²) in [4.78, 5) is 0. The maximum atomic E-state index is 5.18. The van der Waals surface area contributed by atoms with Crippen LogP contribution in [0.15, 0.2) is 61.2 Å². The van der Waals surface area contributed by atoms with Crippen LogP contribution in [0, 0.1) is 11.8 Å². The summed E-state index contributed by atoms with van der Waals surface area (Å²) in [7, 11) is 1.74. The third kappa shape index (κ3) is 6.07. The average Bonchev–Trinajstić information content (AvgIpc) is 2.73. The van der Waals surface area contributed by atoms with Gasteiger partial charge in [0.25, 0.3) is 0 Å². The molecule has 2 aromatic rings. The van der Waals surface area contributed by atoms with E-state index in [0.29, 0.717) is 6.61 Å². The number of unbranched alkanes of at least 4 members (excludes halogenated alkanes) is 1. The maximum absolute atomic E-state index is 5.18. The van der Waals surface area contributed by atoms with Crippen molar-refractivity contribution in [3.8, 4) is 11.1 Å². The van der Waals surface area contributed by atoms with Crippen LogP contribution in [-0.4, -0.2) is 7.11 Å². The molecule has 0 heterocycles. The molecule has 144 valence electrons. The molecule has 0 N–H and O–H groups in total. The van der Waals surface area contributed by atoms with Crippen LogP contribution in [0.3, 0.4) is 0 Å². The molecule has 1 fully saturated rings. The van der Waals surface area contributed by atoms with Gasteiger partial charge in [0.1, 0.15) is 0 Å². The van der Waals surface area contributed by atoms with Crippen molar-refractivity contribution < 1.29 is 4.74 Å². The highest BCUT2D eigenvalue weighted by molar-refractivity contribution is 5.63. The highest BCUT2D eigenvalue weighted by Crippen LogP contribution is 2.32. The number of aryl methyl sites for hydroxylation is 1. The van der Waals surface area contributed by atoms with Gasteiger partial charge >= 0.3 is 0 Å². The van der Waals surface area contributed by atoms with Gasteiger partial charge in [0.05, 0.1) is 6.61 Å². The number of benzene rings is 2. The molecule has 1 aliphatic carbocycles. The molecule has 1 heteroatoms. The van der Waals surface area contributed by atoms with Gasteiger partial charge < -0.3 is 4.74 Å². The Bertz CT molecular complexity index is 675. The minimum absolute atomic E-state index is 0.676. The molecule has 2 aromatic carbocycles. The Morgan fingerprint density at radius 1 is 0.852 bits per heavy atom. The molecule has 0 radical (unpaired) electrons. The van der Waals surface area contributed by atoms with Crippen LogP contribution < -0.4 is 0 Å². The quantitative estimate of drug-likeness (QED) is 0.338. The molecule has 0 atom stereocenters. The van der Waals surface area contributed by atoms with Gasteiger partial charge in [-0.2, -0.15) is 0 Å². The number of allylic oxidation sites excluding steroid dienone is 1. The molecule has 0 amide bonds. The molecule has 0 unspecified atom stereocenters. The summed E-state index contributed by atoms with van der Waals surface area (Å²) in [6.45, 7) is 4.63. The number of rotatable bonds is 9. The zero-order chi connectivity index (χ0) is 18.9. The summed E-state index contributed by atoms with van der Waals surface area (Å²) >= 11 is 0. The molecule has 1 saturated carbocycles. The summed E-state index contributed by atoms with van der Waals surface area (Å²) in [5, 5.41) is 0. The van der Waals surface area contributed by atoms with Crippen molar-refractivity contribution in [1.82, 2.24) is 0 Å². The molecule has 1 nitrogen and oxygen atoms in total. The van der Waals surface area contributed by atoms with Crippen LogP contribution in [0.25, 0.3) is 11.1 Å². The van der Waals surface area contributed by atoms with Gasteiger partial charge in [-0.15, -0.1) is 6.58 Å². The van der Waals surface area contributed by atoms with Crippen LogP contribution in [0.4, 0.5) is 0 Å². The third-order valence-corrected chi connectivity index (χ3v) is 6.10. The summed E-state index contributed by atoms with van der Waals surface area (Å²) in [5.74, 6) is 1.75. The van der Waals surface area contributed by atoms with Gasteiger partial charge in [0.15, 0.2) is 0 Å². The van der Waals surface area contributed by atoms with Gasteiger partial charge in [-0.1, -0.05) is 67.4 Å². The fourth-order valence-corrected chi connectivity index (χ4v) is 4.30. The smallest absolute Gasteiger partial charge is 0.0713 e. The van der Waals surface area contributed by atoms with E-state index in [0.717, 1.165) is 11.8 Å². The lowest BCUT2D eigenvalue weighted by Crippen LogP contribution is -2.12. The number of methoxy groups -OCH3 is 1. The van der Waals surface area contributed by atoms with Crippen molar-refractivity contribution in [1.29, 1.82) is 0 Å². The molecule has 0 saturated heterocycles. The molecule has 27 heavy (non-hydrogen) atoms. The predicted molar refractivity (Wildman–Crippen MR) is 116 cm³/mol. The molecule has 0 bridgehead atoms. The first-order valence-corrected chi connectivity index (χ1v) is 10.6. The fraction of sp³-hybridized carbons (Fsp3) is 0.462. The minimum atomic E-state index is 0.676. The summed E-state index contributed by atoms with van der Waals surface area (Å²) in [6.07, 6.45) is 13.0. The normalized spacial score (nSPS) is 19.7. The van der Waals surface area contributed by atoms with Gasteiger partial charge in [-0.05, 0) is 72.6 Å². The van der Waals surface area contributed by atoms with Gasteiger partial charge in [-0.25, -0.2) is 0 Å². The van der Waals surface area contributed by atoms with Crippen molar-refractivity contribution in [3.05, 3.63) is 72.3 Å². The number of hydrogen-bond acceptors (Lipinski definition) is 1. The summed E-state index contributed by atoms with van der Waals surface area (Å²) in [5.41, 5.74) is 5.25. The van der Waals surface area contributed by atoms with E-state index in [-0.39, 0.29) is 0 Å². The van der Waals surface area contributed by atoms with E-state index in [1.165, 1.54) is 73.6 Å². The molecule has 0 spiro atoms. The van der Waals surface area contributed by atoms with E-state index in [4.69, 9.17) is 4.74 Å². The molecular weight excluding hydrogens is 328 g/mol. The molecule has 0 aliphatic heterocycles. The third-order valence-electron chi connectivity index (χ3n) is 6.10. The summed E-state index contributed by atoms with van der Waals surface area (Å²) < 4.78 is 5.18. The van der Waals surface area contributed by atoms with Crippen LogP contribution >= 0.6 is 0 Å². The van der Waals surface area contributed by atoms with Crippen molar-refractivity contribution in [2.24, 2.45) is 11.8 Å². The van der Waals surface area contributed by atoms with Crippen LogP contribution in [0.1, 0.15) is 56.1 Å². The van der Waals surface area contributed by atoms with Crippen molar-refractivity contribution in [2.45, 2.75) is 58.0 Å². The van der Waals surface area contributed by atoms with Crippen molar-refractivity contribution >= 4 is 0 Å².